The summed E-state index contributed by atoms with van der Waals surface area (Å²) in [6, 6.07) is 8.66. The van der Waals surface area contributed by atoms with Crippen LogP contribution < -0.4 is 11.1 Å². The third-order valence-corrected chi connectivity index (χ3v) is 2.92. The molecule has 0 saturated heterocycles. The Bertz CT molecular complexity index is 654. The maximum atomic E-state index is 12.0. The van der Waals surface area contributed by atoms with Crippen LogP contribution in [0.5, 0.6) is 0 Å². The molecule has 20 heavy (non-hydrogen) atoms. The molecule has 0 bridgehead atoms. The summed E-state index contributed by atoms with van der Waals surface area (Å²) in [6.07, 6.45) is 7.69. The Morgan fingerprint density at radius 2 is 2.25 bits per heavy atom. The molecule has 0 aliphatic rings. The number of anilines is 1. The van der Waals surface area contributed by atoms with Crippen LogP contribution in [-0.4, -0.2) is 21.7 Å². The minimum absolute atomic E-state index is 0.283. The molecule has 1 aromatic carbocycles. The van der Waals surface area contributed by atoms with E-state index in [0.29, 0.717) is 17.8 Å². The fourth-order valence-electron chi connectivity index (χ4n) is 1.77. The van der Waals surface area contributed by atoms with Crippen molar-refractivity contribution in [3.63, 3.8) is 0 Å². The highest BCUT2D eigenvalue weighted by Crippen LogP contribution is 2.15. The monoisotopic (exact) mass is 268 g/mol. The first kappa shape index (κ1) is 13.7. The zero-order chi connectivity index (χ0) is 14.5. The number of nitrogens with two attached hydrogens (primary N) is 1. The number of para-hydroxylation sites is 2. The fraction of sp³-hybridized carbons (Fsp3) is 0.200. The molecule has 0 saturated carbocycles. The van der Waals surface area contributed by atoms with E-state index in [4.69, 9.17) is 12.2 Å². The second kappa shape index (κ2) is 5.93. The van der Waals surface area contributed by atoms with Gasteiger partial charge in [0.05, 0.1) is 17.4 Å². The Labute approximate surface area is 117 Å². The van der Waals surface area contributed by atoms with Crippen LogP contribution >= 0.6 is 0 Å². The van der Waals surface area contributed by atoms with Crippen LogP contribution in [0.3, 0.4) is 0 Å². The van der Waals surface area contributed by atoms with Gasteiger partial charge in [-0.3, -0.25) is 4.79 Å². The highest BCUT2D eigenvalue weighted by atomic mass is 16.2. The van der Waals surface area contributed by atoms with Crippen LogP contribution in [0, 0.1) is 12.3 Å². The van der Waals surface area contributed by atoms with Gasteiger partial charge in [0.15, 0.2) is 5.69 Å². The smallest absolute Gasteiger partial charge is 0.272 e. The van der Waals surface area contributed by atoms with Crippen molar-refractivity contribution >= 4 is 11.6 Å². The van der Waals surface area contributed by atoms with Crippen molar-refractivity contribution in [1.82, 2.24) is 15.1 Å². The number of terminal acetylenes is 1. The minimum atomic E-state index is -0.289. The van der Waals surface area contributed by atoms with Gasteiger partial charge in [-0.05, 0) is 24.6 Å². The number of benzene rings is 1. The molecule has 0 radical (unpaired) electrons. The van der Waals surface area contributed by atoms with Crippen molar-refractivity contribution in [3.8, 4) is 18.0 Å². The molecular weight excluding hydrogens is 252 g/mol. The molecule has 1 heterocycles. The van der Waals surface area contributed by atoms with Gasteiger partial charge in [0.2, 0.25) is 0 Å². The summed E-state index contributed by atoms with van der Waals surface area (Å²) in [5.41, 5.74) is 7.51. The molecule has 2 rings (SSSR count). The molecule has 1 unspecified atom stereocenters. The van der Waals surface area contributed by atoms with Gasteiger partial charge in [-0.1, -0.05) is 25.0 Å². The molecule has 0 spiro atoms. The van der Waals surface area contributed by atoms with Gasteiger partial charge < -0.3 is 11.1 Å². The Balaban J connectivity index is 2.20. The van der Waals surface area contributed by atoms with Crippen LogP contribution in [-0.2, 0) is 0 Å². The van der Waals surface area contributed by atoms with Crippen molar-refractivity contribution in [2.75, 3.05) is 5.73 Å². The molecule has 3 N–H and O–H groups in total. The van der Waals surface area contributed by atoms with E-state index >= 15 is 0 Å². The van der Waals surface area contributed by atoms with Crippen LogP contribution in [0.1, 0.15) is 23.8 Å². The van der Waals surface area contributed by atoms with Crippen LogP contribution in [0.15, 0.2) is 36.5 Å². The lowest BCUT2D eigenvalue weighted by Crippen LogP contribution is -2.33. The summed E-state index contributed by atoms with van der Waals surface area (Å²) < 4.78 is 1.57. The van der Waals surface area contributed by atoms with Crippen LogP contribution in [0.2, 0.25) is 0 Å². The number of carbonyl (C=O) groups is 1. The lowest BCUT2D eigenvalue weighted by Gasteiger charge is -2.09. The fourth-order valence-corrected chi connectivity index (χ4v) is 1.77. The zero-order valence-electron chi connectivity index (χ0n) is 11.2. The van der Waals surface area contributed by atoms with Crippen molar-refractivity contribution < 1.29 is 4.79 Å². The normalized spacial score (nSPS) is 11.6. The Morgan fingerprint density at radius 1 is 1.50 bits per heavy atom. The summed E-state index contributed by atoms with van der Waals surface area (Å²) >= 11 is 0. The van der Waals surface area contributed by atoms with E-state index in [1.807, 2.05) is 25.1 Å². The summed E-state index contributed by atoms with van der Waals surface area (Å²) in [4.78, 5) is 12.0. The second-order valence-corrected chi connectivity index (χ2v) is 4.31. The number of amides is 1. The van der Waals surface area contributed by atoms with Crippen molar-refractivity contribution in [1.29, 1.82) is 0 Å². The first-order valence-corrected chi connectivity index (χ1v) is 6.33. The predicted octanol–water partition coefficient (Wildman–Crippen LogP) is 1.60. The van der Waals surface area contributed by atoms with E-state index in [1.165, 1.54) is 0 Å². The molecule has 0 aliphatic carbocycles. The van der Waals surface area contributed by atoms with Gasteiger partial charge in [0.25, 0.3) is 5.91 Å². The van der Waals surface area contributed by atoms with E-state index < -0.39 is 0 Å². The summed E-state index contributed by atoms with van der Waals surface area (Å²) in [5, 5.41) is 6.95. The Hall–Kier alpha value is -2.74. The van der Waals surface area contributed by atoms with Gasteiger partial charge in [0, 0.05) is 6.20 Å². The third kappa shape index (κ3) is 2.81. The predicted molar refractivity (Wildman–Crippen MR) is 78.4 cm³/mol. The van der Waals surface area contributed by atoms with E-state index in [-0.39, 0.29) is 11.9 Å². The topological polar surface area (TPSA) is 72.9 Å². The molecule has 1 amide bonds. The molecule has 0 fully saturated rings. The summed E-state index contributed by atoms with van der Waals surface area (Å²) in [5.74, 6) is 2.22. The Morgan fingerprint density at radius 3 is 2.90 bits per heavy atom. The molecule has 1 atom stereocenters. The van der Waals surface area contributed by atoms with Gasteiger partial charge in [-0.2, -0.15) is 5.10 Å². The second-order valence-electron chi connectivity index (χ2n) is 4.31. The minimum Gasteiger partial charge on any atom is -0.397 e. The lowest BCUT2D eigenvalue weighted by atomic mass is 10.2. The highest BCUT2D eigenvalue weighted by Gasteiger charge is 2.13. The highest BCUT2D eigenvalue weighted by molar-refractivity contribution is 5.92. The zero-order valence-corrected chi connectivity index (χ0v) is 11.2. The van der Waals surface area contributed by atoms with Crippen LogP contribution in [0.4, 0.5) is 5.69 Å². The maximum absolute atomic E-state index is 12.0. The number of nitrogens with zero attached hydrogens (tertiary/aromatic N) is 2. The van der Waals surface area contributed by atoms with E-state index in [1.54, 1.807) is 23.0 Å². The summed E-state index contributed by atoms with van der Waals surface area (Å²) in [6.45, 7) is 1.91. The number of aromatic nitrogens is 2. The largest absolute Gasteiger partial charge is 0.397 e. The molecule has 0 aliphatic heterocycles. The number of hydrogen-bond acceptors (Lipinski definition) is 3. The number of hydrogen-bond donors (Lipinski definition) is 2. The van der Waals surface area contributed by atoms with Crippen molar-refractivity contribution in [2.45, 2.75) is 19.4 Å². The molecule has 5 heteroatoms. The molecular formula is C15H16N4O. The quantitative estimate of drug-likeness (QED) is 0.653. The maximum Gasteiger partial charge on any atom is 0.272 e. The van der Waals surface area contributed by atoms with Crippen LogP contribution in [0.25, 0.3) is 5.69 Å². The van der Waals surface area contributed by atoms with Crippen molar-refractivity contribution in [2.24, 2.45) is 0 Å². The number of carbonyl (C=O) groups excluding carboxylic acids is 1. The summed E-state index contributed by atoms with van der Waals surface area (Å²) in [7, 11) is 0. The number of nitrogens with one attached hydrogen (secondary N) is 1. The third-order valence-electron chi connectivity index (χ3n) is 2.92. The number of rotatable bonds is 4. The van der Waals surface area contributed by atoms with Gasteiger partial charge in [-0.25, -0.2) is 4.68 Å². The average molecular weight is 268 g/mol. The van der Waals surface area contributed by atoms with E-state index in [9.17, 15) is 4.79 Å². The molecule has 5 nitrogen and oxygen atoms in total. The van der Waals surface area contributed by atoms with Gasteiger partial charge in [0.1, 0.15) is 0 Å². The van der Waals surface area contributed by atoms with E-state index in [2.05, 4.69) is 16.3 Å². The number of nitrogen functional groups attached to an aromatic ring is 1. The standard InChI is InChI=1S/C15H16N4O/c1-3-11(4-2)17-15(20)13-9-10-19(18-13)14-8-6-5-7-12(14)16/h1,5-11H,4,16H2,2H3,(H,17,20). The first-order chi connectivity index (χ1) is 9.65. The SMILES string of the molecule is C#CC(CC)NC(=O)c1ccn(-c2ccccc2N)n1. The lowest BCUT2D eigenvalue weighted by molar-refractivity contribution is 0.0939. The van der Waals surface area contributed by atoms with Crippen molar-refractivity contribution in [3.05, 3.63) is 42.2 Å². The molecule has 2 aromatic rings. The van der Waals surface area contributed by atoms with Gasteiger partial charge >= 0.3 is 0 Å². The molecule has 102 valence electrons. The average Bonchev–Trinajstić information content (AvgIpc) is 2.94. The first-order valence-electron chi connectivity index (χ1n) is 6.33. The van der Waals surface area contributed by atoms with E-state index in [0.717, 1.165) is 5.69 Å². The molecule has 1 aromatic heterocycles. The van der Waals surface area contributed by atoms with Gasteiger partial charge in [-0.15, -0.1) is 6.42 Å². The Kier molecular flexibility index (Phi) is 4.06.